The summed E-state index contributed by atoms with van der Waals surface area (Å²) in [5.74, 6) is -0.828. The average molecular weight is 376 g/mol. The zero-order valence-electron chi connectivity index (χ0n) is 15.4. The van der Waals surface area contributed by atoms with Crippen LogP contribution in [0.2, 0.25) is 0 Å². The zero-order valence-corrected chi connectivity index (χ0v) is 15.4. The number of benzene rings is 1. The number of fused-ring (bicyclic) bond motifs is 2. The first-order valence-electron chi connectivity index (χ1n) is 9.10. The van der Waals surface area contributed by atoms with E-state index in [9.17, 15) is 14.4 Å². The number of carbonyl (C=O) groups excluding carboxylic acids is 2. The van der Waals surface area contributed by atoms with Gasteiger partial charge in [0.05, 0.1) is 24.1 Å². The molecule has 0 saturated carbocycles. The molecule has 3 atom stereocenters. The molecule has 2 amide bonds. The number of likely N-dealkylation sites (N-methyl/N-ethyl adjacent to an activating group) is 1. The van der Waals surface area contributed by atoms with Gasteiger partial charge < -0.3 is 24.8 Å². The van der Waals surface area contributed by atoms with Crippen molar-refractivity contribution in [2.75, 3.05) is 19.0 Å². The Morgan fingerprint density at radius 1 is 1.33 bits per heavy atom. The van der Waals surface area contributed by atoms with Gasteiger partial charge in [0.1, 0.15) is 18.5 Å². The lowest BCUT2D eigenvalue weighted by molar-refractivity contribution is -0.148. The van der Waals surface area contributed by atoms with E-state index in [1.807, 2.05) is 0 Å². The first-order chi connectivity index (χ1) is 12.9. The minimum absolute atomic E-state index is 0.0576. The summed E-state index contributed by atoms with van der Waals surface area (Å²) in [7, 11) is 1.72. The first-order valence-corrected chi connectivity index (χ1v) is 9.10. The van der Waals surface area contributed by atoms with Crippen LogP contribution in [0, 0.1) is 0 Å². The summed E-state index contributed by atoms with van der Waals surface area (Å²) in [5.41, 5.74) is 0.932. The van der Waals surface area contributed by atoms with E-state index in [0.717, 1.165) is 0 Å². The van der Waals surface area contributed by atoms with Gasteiger partial charge in [-0.3, -0.25) is 14.4 Å². The van der Waals surface area contributed by atoms with Crippen LogP contribution in [0.4, 0.5) is 5.69 Å². The van der Waals surface area contributed by atoms with Crippen LogP contribution in [-0.4, -0.2) is 59.7 Å². The normalized spacial score (nSPS) is 24.7. The maximum absolute atomic E-state index is 13.0. The Morgan fingerprint density at radius 3 is 2.81 bits per heavy atom. The van der Waals surface area contributed by atoms with Crippen LogP contribution in [0.1, 0.15) is 43.0 Å². The van der Waals surface area contributed by atoms with Crippen molar-refractivity contribution in [1.29, 1.82) is 0 Å². The minimum atomic E-state index is -0.901. The Kier molecular flexibility index (Phi) is 5.65. The highest BCUT2D eigenvalue weighted by Crippen LogP contribution is 2.32. The summed E-state index contributed by atoms with van der Waals surface area (Å²) in [5, 5.41) is 11.7. The lowest BCUT2D eigenvalue weighted by Crippen LogP contribution is -2.53. The molecule has 1 saturated heterocycles. The summed E-state index contributed by atoms with van der Waals surface area (Å²) < 4.78 is 11.7. The van der Waals surface area contributed by atoms with E-state index in [4.69, 9.17) is 14.6 Å². The smallest absolute Gasteiger partial charge is 0.305 e. The fourth-order valence-electron chi connectivity index (χ4n) is 3.55. The van der Waals surface area contributed by atoms with E-state index in [1.165, 1.54) is 0 Å². The van der Waals surface area contributed by atoms with Crippen LogP contribution >= 0.6 is 0 Å². The molecule has 0 bridgehead atoms. The molecule has 0 spiro atoms. The van der Waals surface area contributed by atoms with E-state index >= 15 is 0 Å². The van der Waals surface area contributed by atoms with Gasteiger partial charge in [0.25, 0.3) is 5.91 Å². The quantitative estimate of drug-likeness (QED) is 0.831. The molecular weight excluding hydrogens is 352 g/mol. The van der Waals surface area contributed by atoms with Crippen LogP contribution in [0.3, 0.4) is 0 Å². The van der Waals surface area contributed by atoms with E-state index < -0.39 is 5.97 Å². The molecule has 0 aromatic heterocycles. The highest BCUT2D eigenvalue weighted by molar-refractivity contribution is 5.99. The van der Waals surface area contributed by atoms with Crippen LogP contribution < -0.4 is 10.1 Å². The molecule has 146 valence electrons. The predicted octanol–water partition coefficient (Wildman–Crippen LogP) is 1.89. The van der Waals surface area contributed by atoms with Crippen molar-refractivity contribution in [3.63, 3.8) is 0 Å². The number of ether oxygens (including phenoxy) is 2. The number of anilines is 1. The monoisotopic (exact) mass is 376 g/mol. The highest BCUT2D eigenvalue weighted by Gasteiger charge is 2.39. The number of carboxylic acids is 1. The second-order valence-electron chi connectivity index (χ2n) is 6.88. The molecule has 0 aliphatic carbocycles. The van der Waals surface area contributed by atoms with Gasteiger partial charge in [-0.1, -0.05) is 6.92 Å². The summed E-state index contributed by atoms with van der Waals surface area (Å²) in [6.45, 7) is 1.98. The van der Waals surface area contributed by atoms with Crippen molar-refractivity contribution in [1.82, 2.24) is 4.90 Å². The van der Waals surface area contributed by atoms with Crippen LogP contribution in [-0.2, 0) is 14.3 Å². The zero-order chi connectivity index (χ0) is 19.6. The maximum Gasteiger partial charge on any atom is 0.305 e. The standard InChI is InChI=1S/C19H24N2O6/c1-3-17(22)20-11-4-7-15-13(8-11)19(25)21(2)14-6-5-12(9-18(23)24)27-16(14)10-26-15/h4,7-8,12,14,16H,3,5-6,9-10H2,1-2H3,(H,20,22)(H,23,24)/t12-,14-,16+/m1/s1. The molecule has 2 aliphatic heterocycles. The predicted molar refractivity (Wildman–Crippen MR) is 96.9 cm³/mol. The first kappa shape index (κ1) is 19.2. The number of carboxylic acid groups (broad SMARTS) is 1. The fourth-order valence-corrected chi connectivity index (χ4v) is 3.55. The number of hydrogen-bond donors (Lipinski definition) is 2. The maximum atomic E-state index is 13.0. The topological polar surface area (TPSA) is 105 Å². The number of nitrogens with zero attached hydrogens (tertiary/aromatic N) is 1. The Bertz CT molecular complexity index is 750. The molecule has 3 rings (SSSR count). The molecule has 8 heteroatoms. The lowest BCUT2D eigenvalue weighted by Gasteiger charge is -2.42. The third-order valence-electron chi connectivity index (χ3n) is 5.02. The van der Waals surface area contributed by atoms with E-state index in [2.05, 4.69) is 5.32 Å². The van der Waals surface area contributed by atoms with E-state index in [-0.39, 0.29) is 43.1 Å². The molecule has 0 radical (unpaired) electrons. The van der Waals surface area contributed by atoms with Crippen molar-refractivity contribution in [2.24, 2.45) is 0 Å². The SMILES string of the molecule is CCC(=O)Nc1ccc2c(c1)C(=O)N(C)[C@@H]1CC[C@H](CC(=O)O)O[C@H]1CO2. The molecule has 27 heavy (non-hydrogen) atoms. The third kappa shape index (κ3) is 4.21. The average Bonchev–Trinajstić information content (AvgIpc) is 2.64. The van der Waals surface area contributed by atoms with E-state index in [0.29, 0.717) is 36.3 Å². The largest absolute Gasteiger partial charge is 0.490 e. The van der Waals surface area contributed by atoms with Crippen molar-refractivity contribution in [3.8, 4) is 5.75 Å². The molecule has 1 fully saturated rings. The van der Waals surface area contributed by atoms with Crippen LogP contribution in [0.25, 0.3) is 0 Å². The van der Waals surface area contributed by atoms with Gasteiger partial charge in [0, 0.05) is 19.2 Å². The number of nitrogens with one attached hydrogen (secondary N) is 1. The van der Waals surface area contributed by atoms with Gasteiger partial charge >= 0.3 is 5.97 Å². The van der Waals surface area contributed by atoms with Crippen molar-refractivity contribution in [2.45, 2.75) is 50.9 Å². The summed E-state index contributed by atoms with van der Waals surface area (Å²) in [6.07, 6.45) is 0.754. The van der Waals surface area contributed by atoms with Crippen molar-refractivity contribution >= 4 is 23.5 Å². The number of rotatable bonds is 4. The summed E-state index contributed by atoms with van der Waals surface area (Å²) in [6, 6.07) is 4.78. The van der Waals surface area contributed by atoms with Gasteiger partial charge in [-0.05, 0) is 31.0 Å². The second kappa shape index (κ2) is 7.96. The van der Waals surface area contributed by atoms with Crippen LogP contribution in [0.15, 0.2) is 18.2 Å². The lowest BCUT2D eigenvalue weighted by atomic mass is 9.94. The van der Waals surface area contributed by atoms with Gasteiger partial charge in [-0.2, -0.15) is 0 Å². The highest BCUT2D eigenvalue weighted by atomic mass is 16.5. The van der Waals surface area contributed by atoms with Crippen molar-refractivity contribution in [3.05, 3.63) is 23.8 Å². The number of amides is 2. The van der Waals surface area contributed by atoms with Gasteiger partial charge in [-0.25, -0.2) is 0 Å². The summed E-state index contributed by atoms with van der Waals surface area (Å²) in [4.78, 5) is 37.2. The van der Waals surface area contributed by atoms with Gasteiger partial charge in [0.2, 0.25) is 5.91 Å². The number of carbonyl (C=O) groups is 3. The minimum Gasteiger partial charge on any atom is -0.490 e. The van der Waals surface area contributed by atoms with Gasteiger partial charge in [-0.15, -0.1) is 0 Å². The third-order valence-corrected chi connectivity index (χ3v) is 5.02. The fraction of sp³-hybridized carbons (Fsp3) is 0.526. The Labute approximate surface area is 157 Å². The van der Waals surface area contributed by atoms with E-state index in [1.54, 1.807) is 37.1 Å². The molecule has 2 aliphatic rings. The molecule has 2 N–H and O–H groups in total. The second-order valence-corrected chi connectivity index (χ2v) is 6.88. The number of hydrogen-bond acceptors (Lipinski definition) is 5. The molecule has 8 nitrogen and oxygen atoms in total. The number of aliphatic carboxylic acids is 1. The molecular formula is C19H24N2O6. The Hall–Kier alpha value is -2.61. The van der Waals surface area contributed by atoms with Crippen molar-refractivity contribution < 1.29 is 29.0 Å². The molecule has 2 heterocycles. The molecule has 1 aromatic rings. The Balaban J connectivity index is 1.82. The Morgan fingerprint density at radius 2 is 2.11 bits per heavy atom. The molecule has 0 unspecified atom stereocenters. The summed E-state index contributed by atoms with van der Waals surface area (Å²) >= 11 is 0. The van der Waals surface area contributed by atoms with Crippen LogP contribution in [0.5, 0.6) is 5.75 Å². The molecule has 1 aromatic carbocycles. The van der Waals surface area contributed by atoms with Gasteiger partial charge in [0.15, 0.2) is 0 Å².